The summed E-state index contributed by atoms with van der Waals surface area (Å²) in [5.41, 5.74) is -0.188. The summed E-state index contributed by atoms with van der Waals surface area (Å²) < 4.78 is 1.44. The van der Waals surface area contributed by atoms with Crippen LogP contribution in [-0.2, 0) is 7.05 Å². The number of nitrogens with zero attached hydrogens (tertiary/aromatic N) is 3. The van der Waals surface area contributed by atoms with E-state index in [1.165, 1.54) is 9.47 Å². The standard InChI is InChI=1S/C10H17N5O2/c1-14(2)10(17)13-5-4-11-8-9(16)15(3)7-6-12-8/h6-7H,4-5H2,1-3H3,(H,11,12)(H,13,17). The number of carbonyl (C=O) groups is 1. The first kappa shape index (κ1) is 13.0. The molecule has 0 bridgehead atoms. The van der Waals surface area contributed by atoms with Gasteiger partial charge in [-0.3, -0.25) is 4.79 Å². The van der Waals surface area contributed by atoms with Gasteiger partial charge in [0.15, 0.2) is 5.82 Å². The quantitative estimate of drug-likeness (QED) is 0.692. The van der Waals surface area contributed by atoms with Gasteiger partial charge in [0.25, 0.3) is 5.56 Å². The Labute approximate surface area is 99.5 Å². The Kier molecular flexibility index (Phi) is 4.50. The van der Waals surface area contributed by atoms with Gasteiger partial charge >= 0.3 is 6.03 Å². The summed E-state index contributed by atoms with van der Waals surface area (Å²) >= 11 is 0. The van der Waals surface area contributed by atoms with E-state index in [4.69, 9.17) is 0 Å². The van der Waals surface area contributed by atoms with Crippen LogP contribution in [0.4, 0.5) is 10.6 Å². The second kappa shape index (κ2) is 5.88. The maximum Gasteiger partial charge on any atom is 0.316 e. The van der Waals surface area contributed by atoms with Crippen LogP contribution in [0.15, 0.2) is 17.2 Å². The second-order valence-corrected chi connectivity index (χ2v) is 3.75. The summed E-state index contributed by atoms with van der Waals surface area (Å²) in [5.74, 6) is 0.286. The Morgan fingerprint density at radius 1 is 1.47 bits per heavy atom. The lowest BCUT2D eigenvalue weighted by Gasteiger charge is -2.12. The molecule has 7 heteroatoms. The van der Waals surface area contributed by atoms with Gasteiger partial charge in [-0.05, 0) is 0 Å². The number of nitrogens with one attached hydrogen (secondary N) is 2. The lowest BCUT2D eigenvalue weighted by Crippen LogP contribution is -2.37. The molecule has 17 heavy (non-hydrogen) atoms. The monoisotopic (exact) mass is 239 g/mol. The molecule has 1 aromatic rings. The predicted molar refractivity (Wildman–Crippen MR) is 65.1 cm³/mol. The average Bonchev–Trinajstić information content (AvgIpc) is 2.29. The van der Waals surface area contributed by atoms with Crippen molar-refractivity contribution in [3.63, 3.8) is 0 Å². The van der Waals surface area contributed by atoms with E-state index in [1.807, 2.05) is 0 Å². The Bertz CT molecular complexity index is 441. The predicted octanol–water partition coefficient (Wildman–Crippen LogP) is -0.537. The van der Waals surface area contributed by atoms with Gasteiger partial charge in [-0.15, -0.1) is 0 Å². The van der Waals surface area contributed by atoms with E-state index in [9.17, 15) is 9.59 Å². The Balaban J connectivity index is 2.39. The molecule has 2 amide bonds. The SMILES string of the molecule is CN(C)C(=O)NCCNc1nccn(C)c1=O. The van der Waals surface area contributed by atoms with Crippen LogP contribution in [-0.4, -0.2) is 47.7 Å². The molecule has 1 heterocycles. The second-order valence-electron chi connectivity index (χ2n) is 3.75. The zero-order chi connectivity index (χ0) is 12.8. The minimum Gasteiger partial charge on any atom is -0.364 e. The van der Waals surface area contributed by atoms with Crippen molar-refractivity contribution < 1.29 is 4.79 Å². The molecule has 1 aromatic heterocycles. The maximum absolute atomic E-state index is 11.5. The van der Waals surface area contributed by atoms with E-state index >= 15 is 0 Å². The lowest BCUT2D eigenvalue weighted by atomic mass is 10.5. The van der Waals surface area contributed by atoms with Crippen molar-refractivity contribution in [1.82, 2.24) is 19.8 Å². The van der Waals surface area contributed by atoms with Crippen LogP contribution < -0.4 is 16.2 Å². The van der Waals surface area contributed by atoms with Gasteiger partial charge in [-0.25, -0.2) is 9.78 Å². The number of anilines is 1. The first-order chi connectivity index (χ1) is 8.02. The fraction of sp³-hybridized carbons (Fsp3) is 0.500. The van der Waals surface area contributed by atoms with Crippen LogP contribution in [0.5, 0.6) is 0 Å². The van der Waals surface area contributed by atoms with E-state index in [-0.39, 0.29) is 17.4 Å². The van der Waals surface area contributed by atoms with E-state index in [1.54, 1.807) is 33.5 Å². The molecule has 0 radical (unpaired) electrons. The summed E-state index contributed by atoms with van der Waals surface area (Å²) in [4.78, 5) is 28.1. The van der Waals surface area contributed by atoms with Crippen molar-refractivity contribution in [2.24, 2.45) is 7.05 Å². The summed E-state index contributed by atoms with van der Waals surface area (Å²) in [6.07, 6.45) is 3.13. The van der Waals surface area contributed by atoms with Crippen LogP contribution in [0.1, 0.15) is 0 Å². The third kappa shape index (κ3) is 3.78. The molecule has 1 rings (SSSR count). The highest BCUT2D eigenvalue weighted by atomic mass is 16.2. The number of hydrogen-bond donors (Lipinski definition) is 2. The zero-order valence-electron chi connectivity index (χ0n) is 10.2. The number of aryl methyl sites for hydroxylation is 1. The first-order valence-electron chi connectivity index (χ1n) is 5.23. The number of hydrogen-bond acceptors (Lipinski definition) is 4. The molecule has 2 N–H and O–H groups in total. The van der Waals surface area contributed by atoms with E-state index in [0.29, 0.717) is 13.1 Å². The van der Waals surface area contributed by atoms with Crippen molar-refractivity contribution >= 4 is 11.8 Å². The fourth-order valence-electron chi connectivity index (χ4n) is 1.13. The lowest BCUT2D eigenvalue weighted by molar-refractivity contribution is 0.218. The van der Waals surface area contributed by atoms with Crippen LogP contribution in [0.25, 0.3) is 0 Å². The molecule has 0 fully saturated rings. The van der Waals surface area contributed by atoms with Gasteiger partial charge in [0, 0.05) is 46.6 Å². The molecule has 0 saturated heterocycles. The Morgan fingerprint density at radius 3 is 2.82 bits per heavy atom. The number of amides is 2. The summed E-state index contributed by atoms with van der Waals surface area (Å²) in [6.45, 7) is 0.878. The molecule has 0 spiro atoms. The largest absolute Gasteiger partial charge is 0.364 e. The van der Waals surface area contributed by atoms with Gasteiger partial charge in [0.1, 0.15) is 0 Å². The smallest absolute Gasteiger partial charge is 0.316 e. The van der Waals surface area contributed by atoms with Crippen LogP contribution in [0.2, 0.25) is 0 Å². The van der Waals surface area contributed by atoms with Crippen molar-refractivity contribution in [2.75, 3.05) is 32.5 Å². The average molecular weight is 239 g/mol. The maximum atomic E-state index is 11.5. The minimum atomic E-state index is -0.188. The van der Waals surface area contributed by atoms with Gasteiger partial charge in [0.2, 0.25) is 0 Å². The third-order valence-corrected chi connectivity index (χ3v) is 2.12. The fourth-order valence-corrected chi connectivity index (χ4v) is 1.13. The minimum absolute atomic E-state index is 0.166. The van der Waals surface area contributed by atoms with E-state index in [2.05, 4.69) is 15.6 Å². The van der Waals surface area contributed by atoms with Crippen molar-refractivity contribution in [3.8, 4) is 0 Å². The molecule has 0 aliphatic carbocycles. The van der Waals surface area contributed by atoms with Gasteiger partial charge < -0.3 is 20.1 Å². The molecule has 0 aliphatic heterocycles. The number of rotatable bonds is 4. The normalized spacial score (nSPS) is 9.82. The topological polar surface area (TPSA) is 79.3 Å². The molecule has 0 saturated carbocycles. The van der Waals surface area contributed by atoms with E-state index in [0.717, 1.165) is 0 Å². The molecule has 94 valence electrons. The highest BCUT2D eigenvalue weighted by Crippen LogP contribution is 1.89. The summed E-state index contributed by atoms with van der Waals surface area (Å²) in [7, 11) is 4.98. The van der Waals surface area contributed by atoms with E-state index < -0.39 is 0 Å². The van der Waals surface area contributed by atoms with Crippen LogP contribution >= 0.6 is 0 Å². The van der Waals surface area contributed by atoms with Crippen molar-refractivity contribution in [3.05, 3.63) is 22.7 Å². The number of urea groups is 1. The highest BCUT2D eigenvalue weighted by Gasteiger charge is 2.03. The van der Waals surface area contributed by atoms with Crippen LogP contribution in [0.3, 0.4) is 0 Å². The Morgan fingerprint density at radius 2 is 2.18 bits per heavy atom. The Hall–Kier alpha value is -2.05. The molecule has 0 aromatic carbocycles. The summed E-state index contributed by atoms with van der Waals surface area (Å²) in [6, 6.07) is -0.166. The molecule has 0 atom stereocenters. The molecular weight excluding hydrogens is 222 g/mol. The van der Waals surface area contributed by atoms with Crippen LogP contribution in [0, 0.1) is 0 Å². The third-order valence-electron chi connectivity index (χ3n) is 2.12. The molecule has 0 aliphatic rings. The van der Waals surface area contributed by atoms with Crippen molar-refractivity contribution in [1.29, 1.82) is 0 Å². The first-order valence-corrected chi connectivity index (χ1v) is 5.23. The van der Waals surface area contributed by atoms with Crippen molar-refractivity contribution in [2.45, 2.75) is 0 Å². The van der Waals surface area contributed by atoms with Gasteiger partial charge in [-0.1, -0.05) is 0 Å². The van der Waals surface area contributed by atoms with Gasteiger partial charge in [0.05, 0.1) is 0 Å². The van der Waals surface area contributed by atoms with Gasteiger partial charge in [-0.2, -0.15) is 0 Å². The summed E-state index contributed by atoms with van der Waals surface area (Å²) in [5, 5.41) is 5.54. The molecule has 0 unspecified atom stereocenters. The molecule has 7 nitrogen and oxygen atoms in total. The highest BCUT2D eigenvalue weighted by molar-refractivity contribution is 5.73. The zero-order valence-corrected chi connectivity index (χ0v) is 10.2. The number of aromatic nitrogens is 2. The number of carbonyl (C=O) groups excluding carboxylic acids is 1. The molecular formula is C10H17N5O2.